The average molecular weight is 334 g/mol. The Morgan fingerprint density at radius 1 is 1.39 bits per heavy atom. The second-order valence-corrected chi connectivity index (χ2v) is 6.69. The number of hydrogen-bond acceptors (Lipinski definition) is 5. The van der Waals surface area contributed by atoms with Crippen LogP contribution >= 0.6 is 11.3 Å². The van der Waals surface area contributed by atoms with E-state index in [1.807, 2.05) is 22.7 Å². The molecular formula is C16H22N4O2S. The molecule has 2 aromatic rings. The lowest BCUT2D eigenvalue weighted by Gasteiger charge is -2.34. The Kier molecular flexibility index (Phi) is 5.09. The largest absolute Gasteiger partial charge is 0.383 e. The summed E-state index contributed by atoms with van der Waals surface area (Å²) >= 11 is 1.69. The highest BCUT2D eigenvalue weighted by molar-refractivity contribution is 7.13. The molecule has 1 saturated heterocycles. The van der Waals surface area contributed by atoms with E-state index in [0.717, 1.165) is 25.3 Å². The number of rotatable bonds is 6. The van der Waals surface area contributed by atoms with Crippen molar-refractivity contribution in [2.45, 2.75) is 6.54 Å². The van der Waals surface area contributed by atoms with E-state index >= 15 is 0 Å². The van der Waals surface area contributed by atoms with Crippen molar-refractivity contribution in [1.29, 1.82) is 0 Å². The molecule has 0 radical (unpaired) electrons. The molecule has 0 N–H and O–H groups in total. The van der Waals surface area contributed by atoms with Gasteiger partial charge in [-0.25, -0.2) is 0 Å². The Labute approximate surface area is 140 Å². The molecule has 23 heavy (non-hydrogen) atoms. The van der Waals surface area contributed by atoms with Crippen LogP contribution in [0.4, 0.5) is 0 Å². The Hall–Kier alpha value is -1.70. The average Bonchev–Trinajstić information content (AvgIpc) is 3.16. The van der Waals surface area contributed by atoms with Gasteiger partial charge in [0.05, 0.1) is 18.0 Å². The molecule has 0 saturated carbocycles. The summed E-state index contributed by atoms with van der Waals surface area (Å²) in [6.07, 6.45) is 2.05. The van der Waals surface area contributed by atoms with Crippen LogP contribution in [0.3, 0.4) is 0 Å². The van der Waals surface area contributed by atoms with Crippen LogP contribution in [0.15, 0.2) is 23.7 Å². The highest BCUT2D eigenvalue weighted by Gasteiger charge is 2.25. The number of hydrogen-bond donors (Lipinski definition) is 0. The lowest BCUT2D eigenvalue weighted by Crippen LogP contribution is -2.50. The van der Waals surface area contributed by atoms with Crippen LogP contribution in [0, 0.1) is 0 Å². The lowest BCUT2D eigenvalue weighted by atomic mass is 10.2. The predicted molar refractivity (Wildman–Crippen MR) is 90.3 cm³/mol. The normalized spacial score (nSPS) is 16.3. The summed E-state index contributed by atoms with van der Waals surface area (Å²) in [6, 6.07) is 4.13. The van der Waals surface area contributed by atoms with Gasteiger partial charge in [0, 0.05) is 52.1 Å². The first-order chi connectivity index (χ1) is 11.2. The van der Waals surface area contributed by atoms with Crippen molar-refractivity contribution in [2.24, 2.45) is 7.05 Å². The molecule has 1 amide bonds. The van der Waals surface area contributed by atoms with Gasteiger partial charge in [-0.1, -0.05) is 6.07 Å². The zero-order chi connectivity index (χ0) is 16.2. The SMILES string of the molecule is COCCN1CCN(Cc2cn(C)nc2-c2cccs2)CC1=O. The highest BCUT2D eigenvalue weighted by atomic mass is 32.1. The third-order valence-corrected chi connectivity index (χ3v) is 4.89. The molecule has 0 unspecified atom stereocenters. The molecule has 0 spiro atoms. The van der Waals surface area contributed by atoms with Gasteiger partial charge in [0.15, 0.2) is 0 Å². The van der Waals surface area contributed by atoms with Crippen molar-refractivity contribution in [3.63, 3.8) is 0 Å². The maximum Gasteiger partial charge on any atom is 0.236 e. The maximum atomic E-state index is 12.2. The van der Waals surface area contributed by atoms with Crippen LogP contribution in [-0.4, -0.2) is 65.4 Å². The second kappa shape index (κ2) is 7.25. The molecule has 0 aromatic carbocycles. The number of thiophene rings is 1. The molecule has 3 heterocycles. The van der Waals surface area contributed by atoms with Crippen molar-refractivity contribution >= 4 is 17.2 Å². The molecule has 3 rings (SSSR count). The van der Waals surface area contributed by atoms with Crippen LogP contribution in [0.1, 0.15) is 5.56 Å². The predicted octanol–water partition coefficient (Wildman–Crippen LogP) is 1.44. The van der Waals surface area contributed by atoms with E-state index in [-0.39, 0.29) is 5.91 Å². The molecule has 6 nitrogen and oxygen atoms in total. The zero-order valence-electron chi connectivity index (χ0n) is 13.6. The van der Waals surface area contributed by atoms with E-state index in [1.165, 1.54) is 10.4 Å². The number of ether oxygens (including phenoxy) is 1. The van der Waals surface area contributed by atoms with E-state index in [1.54, 1.807) is 18.4 Å². The fourth-order valence-electron chi connectivity index (χ4n) is 2.85. The molecule has 124 valence electrons. The van der Waals surface area contributed by atoms with Gasteiger partial charge < -0.3 is 9.64 Å². The topological polar surface area (TPSA) is 50.6 Å². The molecular weight excluding hydrogens is 312 g/mol. The van der Waals surface area contributed by atoms with E-state index < -0.39 is 0 Å². The molecule has 7 heteroatoms. The van der Waals surface area contributed by atoms with Gasteiger partial charge in [0.1, 0.15) is 5.69 Å². The number of amides is 1. The van der Waals surface area contributed by atoms with Crippen LogP contribution < -0.4 is 0 Å². The molecule has 0 aliphatic carbocycles. The maximum absolute atomic E-state index is 12.2. The zero-order valence-corrected chi connectivity index (χ0v) is 14.4. The van der Waals surface area contributed by atoms with E-state index in [0.29, 0.717) is 19.7 Å². The number of nitrogens with zero attached hydrogens (tertiary/aromatic N) is 4. The van der Waals surface area contributed by atoms with E-state index in [2.05, 4.69) is 27.6 Å². The standard InChI is InChI=1S/C16H22N4O2S/c1-18-10-13(16(17-18)14-4-3-9-23-14)11-19-5-6-20(7-8-22-2)15(21)12-19/h3-4,9-10H,5-8,11-12H2,1-2H3. The summed E-state index contributed by atoms with van der Waals surface area (Å²) in [5, 5.41) is 6.64. The van der Waals surface area contributed by atoms with Crippen molar-refractivity contribution < 1.29 is 9.53 Å². The summed E-state index contributed by atoms with van der Waals surface area (Å²) in [4.78, 5) is 17.5. The van der Waals surface area contributed by atoms with Gasteiger partial charge in [-0.05, 0) is 11.4 Å². The van der Waals surface area contributed by atoms with Gasteiger partial charge in [-0.3, -0.25) is 14.4 Å². The van der Waals surface area contributed by atoms with Crippen molar-refractivity contribution in [3.05, 3.63) is 29.3 Å². The van der Waals surface area contributed by atoms with Gasteiger partial charge in [-0.15, -0.1) is 11.3 Å². The monoisotopic (exact) mass is 334 g/mol. The lowest BCUT2D eigenvalue weighted by molar-refractivity contribution is -0.136. The third-order valence-electron chi connectivity index (χ3n) is 4.02. The molecule has 1 aliphatic rings. The van der Waals surface area contributed by atoms with Crippen LogP contribution in [0.25, 0.3) is 10.6 Å². The Morgan fingerprint density at radius 2 is 2.26 bits per heavy atom. The van der Waals surface area contributed by atoms with Crippen LogP contribution in [0.5, 0.6) is 0 Å². The number of piperazine rings is 1. The molecule has 0 bridgehead atoms. The Morgan fingerprint density at radius 3 is 2.96 bits per heavy atom. The Bertz CT molecular complexity index is 653. The van der Waals surface area contributed by atoms with Crippen LogP contribution in [-0.2, 0) is 23.1 Å². The minimum Gasteiger partial charge on any atom is -0.383 e. The molecule has 1 fully saturated rings. The Balaban J connectivity index is 1.66. The number of carbonyl (C=O) groups is 1. The summed E-state index contributed by atoms with van der Waals surface area (Å²) in [5.74, 6) is 0.176. The van der Waals surface area contributed by atoms with E-state index in [9.17, 15) is 4.79 Å². The molecule has 0 atom stereocenters. The van der Waals surface area contributed by atoms with Crippen molar-refractivity contribution in [3.8, 4) is 10.6 Å². The van der Waals surface area contributed by atoms with Gasteiger partial charge in [0.2, 0.25) is 5.91 Å². The van der Waals surface area contributed by atoms with Crippen LogP contribution in [0.2, 0.25) is 0 Å². The molecule has 1 aliphatic heterocycles. The van der Waals surface area contributed by atoms with Crippen molar-refractivity contribution in [1.82, 2.24) is 19.6 Å². The number of aryl methyl sites for hydroxylation is 1. The summed E-state index contributed by atoms with van der Waals surface area (Å²) in [7, 11) is 3.60. The van der Waals surface area contributed by atoms with E-state index in [4.69, 9.17) is 4.74 Å². The summed E-state index contributed by atoms with van der Waals surface area (Å²) in [6.45, 7) is 4.13. The summed E-state index contributed by atoms with van der Waals surface area (Å²) < 4.78 is 6.91. The highest BCUT2D eigenvalue weighted by Crippen LogP contribution is 2.27. The first kappa shape index (κ1) is 16.2. The van der Waals surface area contributed by atoms with Crippen molar-refractivity contribution in [2.75, 3.05) is 39.9 Å². The minimum atomic E-state index is 0.176. The van der Waals surface area contributed by atoms with Gasteiger partial charge in [-0.2, -0.15) is 5.10 Å². The molecule has 2 aromatic heterocycles. The first-order valence-electron chi connectivity index (χ1n) is 7.73. The second-order valence-electron chi connectivity index (χ2n) is 5.74. The van der Waals surface area contributed by atoms with Gasteiger partial charge >= 0.3 is 0 Å². The quantitative estimate of drug-likeness (QED) is 0.802. The number of methoxy groups -OCH3 is 1. The number of aromatic nitrogens is 2. The smallest absolute Gasteiger partial charge is 0.236 e. The number of carbonyl (C=O) groups excluding carboxylic acids is 1. The fraction of sp³-hybridized carbons (Fsp3) is 0.500. The fourth-order valence-corrected chi connectivity index (χ4v) is 3.59. The minimum absolute atomic E-state index is 0.176. The summed E-state index contributed by atoms with van der Waals surface area (Å²) in [5.41, 5.74) is 2.20. The first-order valence-corrected chi connectivity index (χ1v) is 8.61. The third kappa shape index (κ3) is 3.80. The van der Waals surface area contributed by atoms with Gasteiger partial charge in [0.25, 0.3) is 0 Å².